The predicted molar refractivity (Wildman–Crippen MR) is 115 cm³/mol. The van der Waals surface area contributed by atoms with E-state index in [1.54, 1.807) is 34.9 Å². The molecule has 0 amide bonds. The number of fused-ring (bicyclic) bond motifs is 1. The largest absolute Gasteiger partial charge is 0.360 e. The van der Waals surface area contributed by atoms with E-state index in [4.69, 9.17) is 28.9 Å². The van der Waals surface area contributed by atoms with E-state index in [9.17, 15) is 0 Å². The Balaban J connectivity index is 1.38. The van der Waals surface area contributed by atoms with Gasteiger partial charge in [0, 0.05) is 25.0 Å². The van der Waals surface area contributed by atoms with Gasteiger partial charge in [0.25, 0.3) is 0 Å². The molecule has 9 heteroatoms. The van der Waals surface area contributed by atoms with Crippen LogP contribution in [0.2, 0.25) is 10.0 Å². The summed E-state index contributed by atoms with van der Waals surface area (Å²) >= 11 is 15.2. The van der Waals surface area contributed by atoms with E-state index in [1.165, 1.54) is 0 Å². The van der Waals surface area contributed by atoms with E-state index in [0.29, 0.717) is 23.0 Å². The lowest BCUT2D eigenvalue weighted by Crippen LogP contribution is -2.31. The second-order valence-electron chi connectivity index (χ2n) is 5.99. The maximum atomic E-state index is 6.23. The first-order chi connectivity index (χ1) is 13.1. The lowest BCUT2D eigenvalue weighted by Gasteiger charge is -2.12. The summed E-state index contributed by atoms with van der Waals surface area (Å²) in [6, 6.07) is 7.44. The van der Waals surface area contributed by atoms with Crippen LogP contribution in [-0.4, -0.2) is 27.5 Å². The molecule has 0 spiro atoms. The molecule has 4 rings (SSSR count). The van der Waals surface area contributed by atoms with Gasteiger partial charge in [-0.3, -0.25) is 4.98 Å². The van der Waals surface area contributed by atoms with Gasteiger partial charge in [-0.25, -0.2) is 9.97 Å². The number of hydrogen-bond donors (Lipinski definition) is 2. The fourth-order valence-corrected chi connectivity index (χ4v) is 4.72. The standard InChI is InChI=1S/C18H15Cl2N5S2/c19-12-2-1-10(6-13(12)20)5-11(21)7-23-18-24-9-16(27-18)17-25-14-3-4-22-8-15(14)26-17/h1-4,6,8-9,11H,5,7,21H2,(H,23,24)/t11-/m1/s1. The van der Waals surface area contributed by atoms with Crippen molar-refractivity contribution in [3.63, 3.8) is 0 Å². The number of hydrogen-bond acceptors (Lipinski definition) is 7. The third kappa shape index (κ3) is 4.39. The fraction of sp³-hybridized carbons (Fsp3) is 0.167. The molecular weight excluding hydrogens is 421 g/mol. The molecule has 0 aliphatic heterocycles. The van der Waals surface area contributed by atoms with Crippen LogP contribution in [0.15, 0.2) is 42.9 Å². The number of anilines is 1. The van der Waals surface area contributed by atoms with Gasteiger partial charge in [0.1, 0.15) is 5.01 Å². The molecule has 138 valence electrons. The Labute approximate surface area is 174 Å². The first-order valence-electron chi connectivity index (χ1n) is 8.18. The summed E-state index contributed by atoms with van der Waals surface area (Å²) in [4.78, 5) is 14.2. The van der Waals surface area contributed by atoms with Crippen LogP contribution in [0.3, 0.4) is 0 Å². The van der Waals surface area contributed by atoms with Crippen LogP contribution in [0.5, 0.6) is 0 Å². The van der Waals surface area contributed by atoms with Crippen molar-refractivity contribution in [3.8, 4) is 9.88 Å². The van der Waals surface area contributed by atoms with E-state index < -0.39 is 0 Å². The van der Waals surface area contributed by atoms with Crippen molar-refractivity contribution in [2.45, 2.75) is 12.5 Å². The summed E-state index contributed by atoms with van der Waals surface area (Å²) in [7, 11) is 0. The molecule has 0 saturated carbocycles. The molecule has 3 N–H and O–H groups in total. The third-order valence-electron chi connectivity index (χ3n) is 3.91. The summed E-state index contributed by atoms with van der Waals surface area (Å²) in [5.74, 6) is 0. The topological polar surface area (TPSA) is 76.7 Å². The van der Waals surface area contributed by atoms with Crippen LogP contribution in [0.1, 0.15) is 5.56 Å². The van der Waals surface area contributed by atoms with E-state index in [2.05, 4.69) is 20.3 Å². The Bertz CT molecular complexity index is 1050. The Hall–Kier alpha value is -1.77. The van der Waals surface area contributed by atoms with Crippen LogP contribution in [0.4, 0.5) is 5.13 Å². The number of nitrogens with zero attached hydrogens (tertiary/aromatic N) is 3. The first kappa shape index (κ1) is 18.6. The minimum absolute atomic E-state index is 0.0666. The zero-order valence-electron chi connectivity index (χ0n) is 14.0. The summed E-state index contributed by atoms with van der Waals surface area (Å²) in [6.45, 7) is 0.608. The van der Waals surface area contributed by atoms with Gasteiger partial charge in [0.2, 0.25) is 0 Å². The highest BCUT2D eigenvalue weighted by molar-refractivity contribution is 7.26. The van der Waals surface area contributed by atoms with Crippen molar-refractivity contribution >= 4 is 61.2 Å². The van der Waals surface area contributed by atoms with Gasteiger partial charge < -0.3 is 11.1 Å². The molecule has 5 nitrogen and oxygen atoms in total. The number of aromatic nitrogens is 3. The van der Waals surface area contributed by atoms with Crippen LogP contribution < -0.4 is 11.1 Å². The Morgan fingerprint density at radius 3 is 2.81 bits per heavy atom. The van der Waals surface area contributed by atoms with E-state index in [1.807, 2.05) is 30.6 Å². The smallest absolute Gasteiger partial charge is 0.183 e. The van der Waals surface area contributed by atoms with Crippen LogP contribution in [0.25, 0.3) is 20.1 Å². The number of thiazole rings is 2. The second kappa shape index (κ2) is 8.08. The molecule has 0 bridgehead atoms. The average Bonchev–Trinajstić information content (AvgIpc) is 3.29. The van der Waals surface area contributed by atoms with Crippen LogP contribution in [-0.2, 0) is 6.42 Å². The molecule has 4 aromatic rings. The highest BCUT2D eigenvalue weighted by atomic mass is 35.5. The molecule has 1 atom stereocenters. The second-order valence-corrected chi connectivity index (χ2v) is 8.86. The molecule has 3 aromatic heterocycles. The van der Waals surface area contributed by atoms with E-state index >= 15 is 0 Å². The lowest BCUT2D eigenvalue weighted by atomic mass is 10.1. The summed E-state index contributed by atoms with van der Waals surface area (Å²) in [5, 5.41) is 6.17. The zero-order valence-corrected chi connectivity index (χ0v) is 17.2. The van der Waals surface area contributed by atoms with Gasteiger partial charge in [-0.15, -0.1) is 11.3 Å². The Morgan fingerprint density at radius 1 is 1.11 bits per heavy atom. The number of pyridine rings is 1. The maximum Gasteiger partial charge on any atom is 0.183 e. The fourth-order valence-electron chi connectivity index (χ4n) is 2.60. The van der Waals surface area contributed by atoms with E-state index in [0.717, 1.165) is 30.8 Å². The van der Waals surface area contributed by atoms with Gasteiger partial charge in [-0.2, -0.15) is 0 Å². The lowest BCUT2D eigenvalue weighted by molar-refractivity contribution is 0.699. The Morgan fingerprint density at radius 2 is 2.00 bits per heavy atom. The average molecular weight is 436 g/mol. The van der Waals surface area contributed by atoms with Crippen molar-refractivity contribution in [1.29, 1.82) is 0 Å². The quantitative estimate of drug-likeness (QED) is 0.440. The van der Waals surface area contributed by atoms with Gasteiger partial charge in [-0.1, -0.05) is 40.6 Å². The molecule has 0 fully saturated rings. The maximum absolute atomic E-state index is 6.23. The van der Waals surface area contributed by atoms with Crippen LogP contribution >= 0.6 is 45.9 Å². The highest BCUT2D eigenvalue weighted by Crippen LogP contribution is 2.34. The van der Waals surface area contributed by atoms with Crippen molar-refractivity contribution in [2.24, 2.45) is 5.73 Å². The van der Waals surface area contributed by atoms with Gasteiger partial charge >= 0.3 is 0 Å². The van der Waals surface area contributed by atoms with Crippen LogP contribution in [0, 0.1) is 0 Å². The third-order valence-corrected chi connectivity index (χ3v) is 6.77. The molecule has 0 unspecified atom stereocenters. The van der Waals surface area contributed by atoms with E-state index in [-0.39, 0.29) is 6.04 Å². The monoisotopic (exact) mass is 435 g/mol. The van der Waals surface area contributed by atoms with Crippen molar-refractivity contribution in [2.75, 3.05) is 11.9 Å². The van der Waals surface area contributed by atoms with Gasteiger partial charge in [0.05, 0.1) is 31.3 Å². The number of benzene rings is 1. The van der Waals surface area contributed by atoms with Gasteiger partial charge in [0.15, 0.2) is 5.13 Å². The zero-order chi connectivity index (χ0) is 18.8. The molecule has 0 aliphatic carbocycles. The number of halogens is 2. The number of nitrogens with one attached hydrogen (secondary N) is 1. The van der Waals surface area contributed by atoms with Crippen molar-refractivity contribution in [3.05, 3.63) is 58.5 Å². The molecule has 0 aliphatic rings. The highest BCUT2D eigenvalue weighted by Gasteiger charge is 2.11. The minimum Gasteiger partial charge on any atom is -0.360 e. The minimum atomic E-state index is -0.0666. The molecule has 0 saturated heterocycles. The van der Waals surface area contributed by atoms with Crippen molar-refractivity contribution < 1.29 is 0 Å². The molecular formula is C18H15Cl2N5S2. The number of nitrogens with two attached hydrogens (primary N) is 1. The summed E-state index contributed by atoms with van der Waals surface area (Å²) in [6.07, 6.45) is 6.12. The normalized spacial score (nSPS) is 12.4. The van der Waals surface area contributed by atoms with Gasteiger partial charge in [-0.05, 0) is 30.2 Å². The summed E-state index contributed by atoms with van der Waals surface area (Å²) < 4.78 is 1.07. The molecule has 1 aromatic carbocycles. The molecule has 0 radical (unpaired) electrons. The predicted octanol–water partition coefficient (Wildman–Crippen LogP) is 5.10. The first-order valence-corrected chi connectivity index (χ1v) is 10.6. The Kier molecular flexibility index (Phi) is 5.56. The SMILES string of the molecule is N[C@@H](CNc1ncc(-c2nc3ccncc3s2)s1)Cc1ccc(Cl)c(Cl)c1. The van der Waals surface area contributed by atoms with Crippen molar-refractivity contribution in [1.82, 2.24) is 15.0 Å². The number of rotatable bonds is 6. The molecule has 3 heterocycles. The molecule has 27 heavy (non-hydrogen) atoms. The summed E-state index contributed by atoms with van der Waals surface area (Å²) in [5.41, 5.74) is 8.24.